The Labute approximate surface area is 178 Å². The molecule has 0 aliphatic heterocycles. The normalized spacial score (nSPS) is 11.1. The molecule has 0 radical (unpaired) electrons. The molecule has 2 N–H and O–H groups in total. The van der Waals surface area contributed by atoms with Crippen LogP contribution < -0.4 is 10.6 Å². The highest BCUT2D eigenvalue weighted by Crippen LogP contribution is 2.33. The van der Waals surface area contributed by atoms with Crippen molar-refractivity contribution in [3.05, 3.63) is 60.6 Å². The molecule has 1 aromatic carbocycles. The van der Waals surface area contributed by atoms with Crippen molar-refractivity contribution in [2.24, 2.45) is 0 Å². The molecule has 0 saturated heterocycles. The highest BCUT2D eigenvalue weighted by molar-refractivity contribution is 5.95. The lowest BCUT2D eigenvalue weighted by molar-refractivity contribution is -0.147. The second kappa shape index (κ2) is 9.76. The first-order valence-corrected chi connectivity index (χ1v) is 9.07. The maximum atomic E-state index is 13.0. The lowest BCUT2D eigenvalue weighted by Gasteiger charge is -2.14. The fraction of sp³-hybridized carbons (Fsp3) is 0.211. The molecule has 13 heteroatoms. The van der Waals surface area contributed by atoms with E-state index in [2.05, 4.69) is 20.7 Å². The number of carbonyl (C=O) groups is 3. The summed E-state index contributed by atoms with van der Waals surface area (Å²) < 4.78 is 50.0. The Balaban J connectivity index is 1.54. The molecule has 0 aliphatic rings. The molecule has 0 unspecified atom stereocenters. The average molecular weight is 451 g/mol. The average Bonchev–Trinajstić information content (AvgIpc) is 3.45. The van der Waals surface area contributed by atoms with Crippen LogP contribution in [-0.2, 0) is 20.5 Å². The zero-order valence-corrected chi connectivity index (χ0v) is 16.3. The number of benzene rings is 1. The van der Waals surface area contributed by atoms with Gasteiger partial charge >= 0.3 is 12.1 Å². The van der Waals surface area contributed by atoms with E-state index in [0.717, 1.165) is 18.2 Å². The standard InChI is InChI=1S/C19H16F3N5O5/c20-19(21,22)12-3-4-14(27-11-23-10-25-27)13(8-12)26-16(28)9-32-17(29)5-6-24-18(30)15-2-1-7-31-15/h1-4,7-8,10-11H,5-6,9H2,(H,24,30)(H,26,28). The summed E-state index contributed by atoms with van der Waals surface area (Å²) in [4.78, 5) is 39.3. The van der Waals surface area contributed by atoms with Crippen molar-refractivity contribution < 1.29 is 36.7 Å². The number of halogens is 3. The third kappa shape index (κ3) is 5.93. The van der Waals surface area contributed by atoms with E-state index in [9.17, 15) is 27.6 Å². The van der Waals surface area contributed by atoms with E-state index in [1.807, 2.05) is 0 Å². The van der Waals surface area contributed by atoms with Gasteiger partial charge in [0.1, 0.15) is 12.7 Å². The molecule has 0 spiro atoms. The summed E-state index contributed by atoms with van der Waals surface area (Å²) >= 11 is 0. The smallest absolute Gasteiger partial charge is 0.416 e. The number of rotatable bonds is 8. The first-order valence-electron chi connectivity index (χ1n) is 9.07. The molecule has 0 saturated carbocycles. The highest BCUT2D eigenvalue weighted by atomic mass is 19.4. The van der Waals surface area contributed by atoms with Crippen LogP contribution >= 0.6 is 0 Å². The van der Waals surface area contributed by atoms with Gasteiger partial charge in [-0.05, 0) is 30.3 Å². The van der Waals surface area contributed by atoms with E-state index in [1.54, 1.807) is 0 Å². The fourth-order valence-electron chi connectivity index (χ4n) is 2.52. The lowest BCUT2D eigenvalue weighted by Crippen LogP contribution is -2.27. The zero-order chi connectivity index (χ0) is 23.1. The molecule has 0 bridgehead atoms. The van der Waals surface area contributed by atoms with Gasteiger partial charge in [0.15, 0.2) is 12.4 Å². The molecule has 168 valence electrons. The number of ether oxygens (including phenoxy) is 1. The van der Waals surface area contributed by atoms with Gasteiger partial charge in [-0.15, -0.1) is 0 Å². The number of nitrogens with zero attached hydrogens (tertiary/aromatic N) is 3. The second-order valence-corrected chi connectivity index (χ2v) is 6.26. The van der Waals surface area contributed by atoms with Gasteiger partial charge in [-0.3, -0.25) is 14.4 Å². The Hall–Kier alpha value is -4.16. The molecule has 32 heavy (non-hydrogen) atoms. The van der Waals surface area contributed by atoms with Gasteiger partial charge in [-0.25, -0.2) is 9.67 Å². The summed E-state index contributed by atoms with van der Waals surface area (Å²) in [7, 11) is 0. The Morgan fingerprint density at radius 1 is 1.19 bits per heavy atom. The summed E-state index contributed by atoms with van der Waals surface area (Å²) in [6.45, 7) is -0.804. The maximum Gasteiger partial charge on any atom is 0.416 e. The number of carbonyl (C=O) groups excluding carboxylic acids is 3. The number of nitrogens with one attached hydrogen (secondary N) is 2. The van der Waals surface area contributed by atoms with Crippen molar-refractivity contribution in [3.8, 4) is 5.69 Å². The van der Waals surface area contributed by atoms with Gasteiger partial charge in [0.2, 0.25) is 0 Å². The van der Waals surface area contributed by atoms with E-state index in [1.165, 1.54) is 35.7 Å². The van der Waals surface area contributed by atoms with Gasteiger partial charge in [-0.2, -0.15) is 18.3 Å². The summed E-state index contributed by atoms with van der Waals surface area (Å²) in [5, 5.41) is 8.54. The van der Waals surface area contributed by atoms with Crippen LogP contribution in [0.15, 0.2) is 53.7 Å². The van der Waals surface area contributed by atoms with E-state index in [-0.39, 0.29) is 30.1 Å². The molecule has 2 aromatic heterocycles. The van der Waals surface area contributed by atoms with Crippen LogP contribution in [0.2, 0.25) is 0 Å². The SMILES string of the molecule is O=C(COC(=O)CCNC(=O)c1ccco1)Nc1cc(C(F)(F)F)ccc1-n1cncn1. The molecule has 3 rings (SSSR count). The van der Waals surface area contributed by atoms with Gasteiger partial charge < -0.3 is 19.8 Å². The number of amides is 2. The maximum absolute atomic E-state index is 13.0. The predicted molar refractivity (Wildman–Crippen MR) is 102 cm³/mol. The Kier molecular flexibility index (Phi) is 6.87. The van der Waals surface area contributed by atoms with Crippen LogP contribution in [0.4, 0.5) is 18.9 Å². The van der Waals surface area contributed by atoms with Crippen LogP contribution in [0.5, 0.6) is 0 Å². The number of hydrogen-bond donors (Lipinski definition) is 2. The predicted octanol–water partition coefficient (Wildman–Crippen LogP) is 2.18. The van der Waals surface area contributed by atoms with Gasteiger partial charge in [0.25, 0.3) is 11.8 Å². The molecule has 2 heterocycles. The van der Waals surface area contributed by atoms with Crippen molar-refractivity contribution in [1.29, 1.82) is 0 Å². The largest absolute Gasteiger partial charge is 0.459 e. The van der Waals surface area contributed by atoms with E-state index in [4.69, 9.17) is 9.15 Å². The molecule has 10 nitrogen and oxygen atoms in total. The van der Waals surface area contributed by atoms with Crippen molar-refractivity contribution in [2.75, 3.05) is 18.5 Å². The third-order valence-electron chi connectivity index (χ3n) is 3.99. The minimum Gasteiger partial charge on any atom is -0.459 e. The van der Waals surface area contributed by atoms with Crippen LogP contribution in [0, 0.1) is 0 Å². The summed E-state index contributed by atoms with van der Waals surface area (Å²) in [6, 6.07) is 5.67. The number of hydrogen-bond acceptors (Lipinski definition) is 7. The highest BCUT2D eigenvalue weighted by Gasteiger charge is 2.31. The number of anilines is 1. The minimum atomic E-state index is -4.63. The first-order chi connectivity index (χ1) is 15.2. The monoisotopic (exact) mass is 451 g/mol. The molecular weight excluding hydrogens is 435 g/mol. The summed E-state index contributed by atoms with van der Waals surface area (Å²) in [5.74, 6) is -2.10. The number of furan rings is 1. The van der Waals surface area contributed by atoms with Crippen molar-refractivity contribution in [1.82, 2.24) is 20.1 Å². The van der Waals surface area contributed by atoms with E-state index in [0.29, 0.717) is 0 Å². The van der Waals surface area contributed by atoms with Crippen LogP contribution in [0.3, 0.4) is 0 Å². The molecule has 0 fully saturated rings. The topological polar surface area (TPSA) is 128 Å². The van der Waals surface area contributed by atoms with E-state index < -0.39 is 36.1 Å². The zero-order valence-electron chi connectivity index (χ0n) is 16.3. The minimum absolute atomic E-state index is 0.0654. The van der Waals surface area contributed by atoms with Crippen molar-refractivity contribution in [2.45, 2.75) is 12.6 Å². The molecule has 2 amide bonds. The first kappa shape index (κ1) is 22.5. The van der Waals surface area contributed by atoms with Crippen LogP contribution in [-0.4, -0.2) is 45.7 Å². The van der Waals surface area contributed by atoms with Crippen LogP contribution in [0.25, 0.3) is 5.69 Å². The fourth-order valence-corrected chi connectivity index (χ4v) is 2.52. The van der Waals surface area contributed by atoms with Crippen LogP contribution in [0.1, 0.15) is 22.5 Å². The number of aromatic nitrogens is 3. The van der Waals surface area contributed by atoms with Crippen molar-refractivity contribution >= 4 is 23.5 Å². The van der Waals surface area contributed by atoms with Gasteiger partial charge in [-0.1, -0.05) is 0 Å². The Morgan fingerprint density at radius 3 is 2.66 bits per heavy atom. The van der Waals surface area contributed by atoms with Crippen molar-refractivity contribution in [3.63, 3.8) is 0 Å². The number of esters is 1. The molecule has 0 aliphatic carbocycles. The lowest BCUT2D eigenvalue weighted by atomic mass is 10.1. The van der Waals surface area contributed by atoms with Gasteiger partial charge in [0.05, 0.1) is 29.6 Å². The number of alkyl halides is 3. The molecular formula is C19H16F3N5O5. The third-order valence-corrected chi connectivity index (χ3v) is 3.99. The molecule has 3 aromatic rings. The quantitative estimate of drug-likeness (QED) is 0.503. The summed E-state index contributed by atoms with van der Waals surface area (Å²) in [6.07, 6.45) is -1.12. The summed E-state index contributed by atoms with van der Waals surface area (Å²) in [5.41, 5.74) is -1.05. The van der Waals surface area contributed by atoms with E-state index >= 15 is 0 Å². The Bertz CT molecular complexity index is 1080. The Morgan fingerprint density at radius 2 is 2.00 bits per heavy atom. The second-order valence-electron chi connectivity index (χ2n) is 6.26. The van der Waals surface area contributed by atoms with Gasteiger partial charge in [0, 0.05) is 6.54 Å². The molecule has 0 atom stereocenters.